The first-order valence-corrected chi connectivity index (χ1v) is 7.98. The number of carbonyl (C=O) groups is 1. The fourth-order valence-corrected chi connectivity index (χ4v) is 3.39. The average Bonchev–Trinajstić information content (AvgIpc) is 2.74. The minimum Gasteiger partial charge on any atom is -0.398 e. The van der Waals surface area contributed by atoms with Crippen molar-refractivity contribution in [1.82, 2.24) is 5.32 Å². The number of amides is 1. The summed E-state index contributed by atoms with van der Waals surface area (Å²) in [5, 5.41) is 2.99. The molecule has 0 aliphatic rings. The van der Waals surface area contributed by atoms with E-state index in [0.29, 0.717) is 11.3 Å². The molecule has 2 aromatic rings. The average molecular weight is 353 g/mol. The van der Waals surface area contributed by atoms with Crippen molar-refractivity contribution in [2.24, 2.45) is 0 Å². The van der Waals surface area contributed by atoms with Crippen molar-refractivity contribution in [2.75, 3.05) is 5.73 Å². The Bertz CT molecular complexity index is 624. The molecular weight excluding hydrogens is 336 g/mol. The highest BCUT2D eigenvalue weighted by atomic mass is 79.9. The van der Waals surface area contributed by atoms with E-state index in [2.05, 4.69) is 40.3 Å². The zero-order valence-electron chi connectivity index (χ0n) is 11.4. The van der Waals surface area contributed by atoms with Gasteiger partial charge in [0.2, 0.25) is 0 Å². The maximum Gasteiger partial charge on any atom is 0.253 e. The highest BCUT2D eigenvalue weighted by Gasteiger charge is 2.13. The summed E-state index contributed by atoms with van der Waals surface area (Å²) in [5.74, 6) is -0.129. The Balaban J connectivity index is 2.00. The largest absolute Gasteiger partial charge is 0.398 e. The molecule has 2 rings (SSSR count). The second-order valence-electron chi connectivity index (χ2n) is 4.82. The van der Waals surface area contributed by atoms with E-state index in [0.717, 1.165) is 10.9 Å². The van der Waals surface area contributed by atoms with E-state index in [-0.39, 0.29) is 11.9 Å². The standard InChI is InChI=1S/C15H17BrN2OS/c1-9(7-12-5-3-10(2)20-12)18-15(19)13-6-4-11(16)8-14(13)17/h3-6,8-9H,7,17H2,1-2H3,(H,18,19). The van der Waals surface area contributed by atoms with Crippen molar-refractivity contribution in [1.29, 1.82) is 0 Å². The molecule has 0 spiro atoms. The van der Waals surface area contributed by atoms with Crippen LogP contribution in [0.5, 0.6) is 0 Å². The SMILES string of the molecule is Cc1ccc(CC(C)NC(=O)c2ccc(Br)cc2N)s1. The summed E-state index contributed by atoms with van der Waals surface area (Å²) < 4.78 is 0.869. The van der Waals surface area contributed by atoms with Gasteiger partial charge >= 0.3 is 0 Å². The van der Waals surface area contributed by atoms with Gasteiger partial charge in [0.1, 0.15) is 0 Å². The second kappa shape index (κ2) is 6.41. The summed E-state index contributed by atoms with van der Waals surface area (Å²) in [4.78, 5) is 14.7. The van der Waals surface area contributed by atoms with Gasteiger partial charge in [-0.25, -0.2) is 0 Å². The van der Waals surface area contributed by atoms with Gasteiger partial charge in [-0.2, -0.15) is 0 Å². The first kappa shape index (κ1) is 15.1. The van der Waals surface area contributed by atoms with E-state index in [9.17, 15) is 4.79 Å². The lowest BCUT2D eigenvalue weighted by Crippen LogP contribution is -2.34. The molecule has 106 valence electrons. The fourth-order valence-electron chi connectivity index (χ4n) is 1.99. The van der Waals surface area contributed by atoms with E-state index in [4.69, 9.17) is 5.73 Å². The van der Waals surface area contributed by atoms with Crippen LogP contribution in [0.1, 0.15) is 27.0 Å². The molecule has 0 fully saturated rings. The van der Waals surface area contributed by atoms with Crippen LogP contribution in [-0.4, -0.2) is 11.9 Å². The highest BCUT2D eigenvalue weighted by molar-refractivity contribution is 9.10. The summed E-state index contributed by atoms with van der Waals surface area (Å²) in [7, 11) is 0. The number of anilines is 1. The summed E-state index contributed by atoms with van der Waals surface area (Å²) in [6, 6.07) is 9.57. The minimum absolute atomic E-state index is 0.0728. The lowest BCUT2D eigenvalue weighted by molar-refractivity contribution is 0.0941. The minimum atomic E-state index is -0.129. The third kappa shape index (κ3) is 3.84. The number of thiophene rings is 1. The van der Waals surface area contributed by atoms with Gasteiger partial charge in [-0.3, -0.25) is 4.79 Å². The van der Waals surface area contributed by atoms with Crippen molar-refractivity contribution in [3.8, 4) is 0 Å². The van der Waals surface area contributed by atoms with E-state index in [1.807, 2.05) is 13.0 Å². The lowest BCUT2D eigenvalue weighted by atomic mass is 10.1. The summed E-state index contributed by atoms with van der Waals surface area (Å²) in [6.45, 7) is 4.09. The van der Waals surface area contributed by atoms with E-state index < -0.39 is 0 Å². The number of nitrogens with one attached hydrogen (secondary N) is 1. The van der Waals surface area contributed by atoms with Crippen molar-refractivity contribution < 1.29 is 4.79 Å². The third-order valence-electron chi connectivity index (χ3n) is 2.94. The van der Waals surface area contributed by atoms with Crippen LogP contribution >= 0.6 is 27.3 Å². The molecule has 0 aliphatic carbocycles. The Morgan fingerprint density at radius 3 is 2.75 bits per heavy atom. The molecule has 0 saturated carbocycles. The zero-order valence-corrected chi connectivity index (χ0v) is 13.8. The monoisotopic (exact) mass is 352 g/mol. The topological polar surface area (TPSA) is 55.1 Å². The molecule has 0 radical (unpaired) electrons. The number of benzene rings is 1. The maximum atomic E-state index is 12.2. The van der Waals surface area contributed by atoms with Gasteiger partial charge in [0, 0.05) is 32.4 Å². The summed E-state index contributed by atoms with van der Waals surface area (Å²) in [5.41, 5.74) is 6.86. The molecule has 3 nitrogen and oxygen atoms in total. The number of aryl methyl sites for hydroxylation is 1. The number of hydrogen-bond donors (Lipinski definition) is 2. The predicted octanol–water partition coefficient (Wildman–Crippen LogP) is 3.76. The predicted molar refractivity (Wildman–Crippen MR) is 88.2 cm³/mol. The van der Waals surface area contributed by atoms with E-state index >= 15 is 0 Å². The number of nitrogen functional groups attached to an aromatic ring is 1. The fraction of sp³-hybridized carbons (Fsp3) is 0.267. The molecule has 0 saturated heterocycles. The Morgan fingerprint density at radius 2 is 2.15 bits per heavy atom. The molecule has 5 heteroatoms. The third-order valence-corrected chi connectivity index (χ3v) is 4.46. The van der Waals surface area contributed by atoms with Gasteiger partial charge in [0.15, 0.2) is 0 Å². The van der Waals surface area contributed by atoms with Crippen LogP contribution in [-0.2, 0) is 6.42 Å². The number of rotatable bonds is 4. The van der Waals surface area contributed by atoms with Crippen molar-refractivity contribution in [2.45, 2.75) is 26.3 Å². The smallest absolute Gasteiger partial charge is 0.253 e. The number of carbonyl (C=O) groups excluding carboxylic acids is 1. The molecular formula is C15H17BrN2OS. The summed E-state index contributed by atoms with van der Waals surface area (Å²) in [6.07, 6.45) is 0.834. The molecule has 1 heterocycles. The molecule has 3 N–H and O–H groups in total. The Hall–Kier alpha value is -1.33. The quantitative estimate of drug-likeness (QED) is 0.823. The van der Waals surface area contributed by atoms with Crippen molar-refractivity contribution in [3.05, 3.63) is 50.1 Å². The molecule has 1 amide bonds. The molecule has 1 aromatic heterocycles. The molecule has 0 bridgehead atoms. The van der Waals surface area contributed by atoms with E-state index in [1.165, 1.54) is 9.75 Å². The normalized spacial score (nSPS) is 12.2. The van der Waals surface area contributed by atoms with Gasteiger partial charge in [-0.15, -0.1) is 11.3 Å². The highest BCUT2D eigenvalue weighted by Crippen LogP contribution is 2.19. The Morgan fingerprint density at radius 1 is 1.40 bits per heavy atom. The van der Waals surface area contributed by atoms with Gasteiger partial charge in [-0.1, -0.05) is 15.9 Å². The first-order valence-electron chi connectivity index (χ1n) is 6.37. The Labute approximate surface area is 131 Å². The van der Waals surface area contributed by atoms with Crippen LogP contribution in [0.25, 0.3) is 0 Å². The van der Waals surface area contributed by atoms with E-state index in [1.54, 1.807) is 23.5 Å². The molecule has 1 unspecified atom stereocenters. The maximum absolute atomic E-state index is 12.2. The summed E-state index contributed by atoms with van der Waals surface area (Å²) >= 11 is 5.09. The van der Waals surface area contributed by atoms with Gasteiger partial charge < -0.3 is 11.1 Å². The number of nitrogens with two attached hydrogens (primary N) is 1. The van der Waals surface area contributed by atoms with Gasteiger partial charge in [0.05, 0.1) is 5.56 Å². The van der Waals surface area contributed by atoms with Gasteiger partial charge in [-0.05, 0) is 44.2 Å². The van der Waals surface area contributed by atoms with Crippen molar-refractivity contribution in [3.63, 3.8) is 0 Å². The Kier molecular flexibility index (Phi) is 4.83. The van der Waals surface area contributed by atoms with Crippen LogP contribution in [0.15, 0.2) is 34.8 Å². The van der Waals surface area contributed by atoms with Crippen LogP contribution < -0.4 is 11.1 Å². The number of hydrogen-bond acceptors (Lipinski definition) is 3. The molecule has 1 atom stereocenters. The number of halogens is 1. The lowest BCUT2D eigenvalue weighted by Gasteiger charge is -2.14. The van der Waals surface area contributed by atoms with Crippen molar-refractivity contribution >= 4 is 38.9 Å². The van der Waals surface area contributed by atoms with Crippen LogP contribution in [0.4, 0.5) is 5.69 Å². The molecule has 0 aliphatic heterocycles. The van der Waals surface area contributed by atoms with Crippen LogP contribution in [0, 0.1) is 6.92 Å². The zero-order chi connectivity index (χ0) is 14.7. The molecule has 20 heavy (non-hydrogen) atoms. The van der Waals surface area contributed by atoms with Crippen LogP contribution in [0.2, 0.25) is 0 Å². The second-order valence-corrected chi connectivity index (χ2v) is 7.11. The van der Waals surface area contributed by atoms with Crippen LogP contribution in [0.3, 0.4) is 0 Å². The van der Waals surface area contributed by atoms with Gasteiger partial charge in [0.25, 0.3) is 5.91 Å². The molecule has 1 aromatic carbocycles. The first-order chi connectivity index (χ1) is 9.45.